The smallest absolute Gasteiger partial charge is 0.405 e. The number of anilines is 2. The molecule has 64 heavy (non-hydrogen) atoms. The number of carbonyl (C=O) groups is 4. The number of carbonyl (C=O) groups excluding carboxylic acids is 4. The number of hydrogen-bond donors (Lipinski definition) is 5. The Kier molecular flexibility index (Phi) is 14.6. The van der Waals surface area contributed by atoms with Gasteiger partial charge in [0.05, 0.1) is 42.6 Å². The molecule has 342 valence electrons. The van der Waals surface area contributed by atoms with Crippen molar-refractivity contribution in [1.29, 1.82) is 0 Å². The molecule has 5 heterocycles. The normalized spacial score (nSPS) is 18.0. The third-order valence-corrected chi connectivity index (χ3v) is 11.3. The van der Waals surface area contributed by atoms with Crippen LogP contribution >= 0.6 is 0 Å². The summed E-state index contributed by atoms with van der Waals surface area (Å²) in [6.07, 6.45) is 4.81. The van der Waals surface area contributed by atoms with Crippen LogP contribution in [0.3, 0.4) is 0 Å². The zero-order chi connectivity index (χ0) is 45.4. The van der Waals surface area contributed by atoms with E-state index in [1.807, 2.05) is 18.2 Å². The Labute approximate surface area is 364 Å². The predicted octanol–water partition coefficient (Wildman–Crippen LogP) is 3.88. The van der Waals surface area contributed by atoms with E-state index in [9.17, 15) is 37.1 Å². The van der Waals surface area contributed by atoms with E-state index < -0.39 is 36.5 Å². The molecule has 2 fully saturated rings. The summed E-state index contributed by atoms with van der Waals surface area (Å²) in [6, 6.07) is 7.71. The van der Waals surface area contributed by atoms with E-state index in [2.05, 4.69) is 36.3 Å². The second kappa shape index (κ2) is 20.4. The first-order valence-corrected chi connectivity index (χ1v) is 21.1. The summed E-state index contributed by atoms with van der Waals surface area (Å²) in [5, 5.41) is 15.0. The first-order valence-electron chi connectivity index (χ1n) is 21.1. The van der Waals surface area contributed by atoms with Crippen LogP contribution in [-0.4, -0.2) is 105 Å². The van der Waals surface area contributed by atoms with E-state index >= 15 is 0 Å². The lowest BCUT2D eigenvalue weighted by Gasteiger charge is -2.28. The zero-order valence-corrected chi connectivity index (χ0v) is 35.1. The monoisotopic (exact) mass is 893 g/mol. The summed E-state index contributed by atoms with van der Waals surface area (Å²) in [6.45, 7) is 2.16. The summed E-state index contributed by atoms with van der Waals surface area (Å²) in [4.78, 5) is 70.8. The molecule has 19 nitrogen and oxygen atoms in total. The number of hydrogen-bond acceptors (Lipinski definition) is 13. The molecule has 0 bridgehead atoms. The Morgan fingerprint density at radius 2 is 1.81 bits per heavy atom. The van der Waals surface area contributed by atoms with Gasteiger partial charge in [-0.05, 0) is 81.2 Å². The van der Waals surface area contributed by atoms with Crippen molar-refractivity contribution in [3.8, 4) is 11.5 Å². The topological polar surface area (TPSA) is 245 Å². The molecule has 1 aliphatic heterocycles. The lowest BCUT2D eigenvalue weighted by Crippen LogP contribution is -2.44. The molecule has 0 radical (unpaired) electrons. The fourth-order valence-corrected chi connectivity index (χ4v) is 8.10. The summed E-state index contributed by atoms with van der Waals surface area (Å²) >= 11 is 0. The molecule has 1 saturated heterocycles. The van der Waals surface area contributed by atoms with Gasteiger partial charge in [0.1, 0.15) is 24.7 Å². The lowest BCUT2D eigenvalue weighted by atomic mass is 9.86. The Morgan fingerprint density at radius 1 is 1.03 bits per heavy atom. The molecule has 1 aliphatic carbocycles. The number of nitrogens with zero attached hydrogens (tertiary/aromatic N) is 6. The number of rotatable bonds is 20. The van der Waals surface area contributed by atoms with Gasteiger partial charge in [-0.15, -0.1) is 0 Å². The van der Waals surface area contributed by atoms with Crippen molar-refractivity contribution in [1.82, 2.24) is 39.5 Å². The second-order valence-corrected chi connectivity index (χ2v) is 15.8. The minimum atomic E-state index is -4.44. The van der Waals surface area contributed by atoms with Crippen molar-refractivity contribution in [2.75, 3.05) is 56.7 Å². The van der Waals surface area contributed by atoms with Gasteiger partial charge in [-0.2, -0.15) is 18.3 Å². The number of aryl methyl sites for hydroxylation is 2. The highest BCUT2D eigenvalue weighted by atomic mass is 19.4. The number of piperidine rings is 1. The van der Waals surface area contributed by atoms with Crippen molar-refractivity contribution in [3.63, 3.8) is 0 Å². The van der Waals surface area contributed by atoms with Crippen LogP contribution < -0.4 is 32.7 Å². The summed E-state index contributed by atoms with van der Waals surface area (Å²) in [5.74, 6) is -1.95. The van der Waals surface area contributed by atoms with E-state index in [-0.39, 0.29) is 59.3 Å². The van der Waals surface area contributed by atoms with E-state index in [4.69, 9.17) is 19.6 Å². The summed E-state index contributed by atoms with van der Waals surface area (Å²) in [7, 11) is 1.69. The maximum atomic E-state index is 13.2. The molecular weight excluding hydrogens is 844 g/mol. The number of aromatic nitrogens is 6. The number of fused-ring (bicyclic) bond motifs is 1. The van der Waals surface area contributed by atoms with Gasteiger partial charge in [0.15, 0.2) is 11.4 Å². The quantitative estimate of drug-likeness (QED) is 0.0551. The highest BCUT2D eigenvalue weighted by Gasteiger charge is 2.32. The number of pyridine rings is 1. The van der Waals surface area contributed by atoms with Crippen molar-refractivity contribution in [3.05, 3.63) is 76.4 Å². The Bertz CT molecular complexity index is 2520. The van der Waals surface area contributed by atoms with Crippen LogP contribution in [0.2, 0.25) is 0 Å². The molecule has 4 aromatic heterocycles. The molecule has 1 saturated carbocycles. The highest BCUT2D eigenvalue weighted by Crippen LogP contribution is 2.33. The van der Waals surface area contributed by atoms with Crippen molar-refractivity contribution in [2.45, 2.75) is 69.6 Å². The number of nitrogens with one attached hydrogen (secondary N) is 4. The van der Waals surface area contributed by atoms with Gasteiger partial charge < -0.3 is 35.6 Å². The summed E-state index contributed by atoms with van der Waals surface area (Å²) in [5.41, 5.74) is 7.88. The second-order valence-electron chi connectivity index (χ2n) is 15.8. The molecule has 5 aromatic rings. The fraction of sp³-hybridized carbons (Fsp3) is 0.476. The molecule has 0 spiro atoms. The van der Waals surface area contributed by atoms with Crippen LogP contribution in [0.5, 0.6) is 0 Å². The number of oxazole rings is 1. The van der Waals surface area contributed by atoms with E-state index in [1.54, 1.807) is 22.5 Å². The number of imidazole rings is 1. The van der Waals surface area contributed by atoms with E-state index in [1.165, 1.54) is 22.9 Å². The average Bonchev–Trinajstić information content (AvgIpc) is 4.00. The van der Waals surface area contributed by atoms with Crippen LogP contribution in [0.15, 0.2) is 58.2 Å². The van der Waals surface area contributed by atoms with E-state index in [0.29, 0.717) is 56.4 Å². The van der Waals surface area contributed by atoms with Gasteiger partial charge in [0.2, 0.25) is 17.7 Å². The van der Waals surface area contributed by atoms with E-state index in [0.717, 1.165) is 56.0 Å². The van der Waals surface area contributed by atoms with Gasteiger partial charge in [-0.3, -0.25) is 38.3 Å². The van der Waals surface area contributed by atoms with Gasteiger partial charge in [0, 0.05) is 44.6 Å². The van der Waals surface area contributed by atoms with Crippen molar-refractivity contribution < 1.29 is 46.2 Å². The largest absolute Gasteiger partial charge is 0.444 e. The minimum absolute atomic E-state index is 0.0109. The van der Waals surface area contributed by atoms with Crippen molar-refractivity contribution in [2.24, 2.45) is 18.7 Å². The first kappa shape index (κ1) is 45.6. The molecule has 1 atom stereocenters. The molecule has 1 unspecified atom stereocenters. The third kappa shape index (κ3) is 11.2. The molecule has 7 rings (SSSR count). The molecular formula is C42H50F3N11O8. The Morgan fingerprint density at radius 3 is 2.56 bits per heavy atom. The number of halogens is 3. The lowest BCUT2D eigenvalue weighted by molar-refractivity contribution is -0.135. The number of ether oxygens (including phenoxy) is 2. The van der Waals surface area contributed by atoms with Crippen LogP contribution in [0, 0.1) is 5.92 Å². The maximum absolute atomic E-state index is 13.2. The average molecular weight is 894 g/mol. The number of para-hydroxylation sites is 1. The number of amides is 4. The van der Waals surface area contributed by atoms with Gasteiger partial charge in [-0.25, -0.2) is 14.8 Å². The Hall–Kier alpha value is -6.39. The molecule has 2 aliphatic rings. The number of alkyl halides is 3. The SMILES string of the molecule is Cn1c(=O)n(C2CCC(=O)NC2=O)c2cccc(CCCOCCOCCNCC3CCC(n4cc(NC(=O)c5coc(-c6ccnc(NCC(F)(F)F)c6)n5)c(C(N)=O)n4)CC3)c21. The maximum Gasteiger partial charge on any atom is 0.405 e. The van der Waals surface area contributed by atoms with Crippen molar-refractivity contribution >= 4 is 46.2 Å². The van der Waals surface area contributed by atoms with Crippen LogP contribution in [-0.2, 0) is 32.5 Å². The first-order chi connectivity index (χ1) is 30.8. The van der Waals surface area contributed by atoms with Gasteiger partial charge >= 0.3 is 11.9 Å². The Balaban J connectivity index is 0.779. The third-order valence-electron chi connectivity index (χ3n) is 11.3. The number of nitrogens with two attached hydrogens (primary N) is 1. The van der Waals surface area contributed by atoms with Gasteiger partial charge in [-0.1, -0.05) is 12.1 Å². The van der Waals surface area contributed by atoms with Crippen LogP contribution in [0.1, 0.15) is 83.6 Å². The molecule has 4 amide bonds. The number of primary amides is 1. The number of benzene rings is 1. The minimum Gasteiger partial charge on any atom is -0.444 e. The molecule has 6 N–H and O–H groups in total. The predicted molar refractivity (Wildman–Crippen MR) is 225 cm³/mol. The fourth-order valence-electron chi connectivity index (χ4n) is 8.10. The zero-order valence-electron chi connectivity index (χ0n) is 35.1. The number of imide groups is 1. The highest BCUT2D eigenvalue weighted by molar-refractivity contribution is 6.07. The molecule has 22 heteroatoms. The van der Waals surface area contributed by atoms with Gasteiger partial charge in [0.25, 0.3) is 11.8 Å². The van der Waals surface area contributed by atoms with Crippen LogP contribution in [0.4, 0.5) is 24.7 Å². The molecule has 1 aromatic carbocycles. The van der Waals surface area contributed by atoms with Crippen LogP contribution in [0.25, 0.3) is 22.5 Å². The standard InChI is InChI=1S/C42H50F3N11O8/c1-54-36-26(4-2-6-31(36)56(41(54)61)32-11-12-34(57)52-39(32)60)5-3-16-62-18-19-63-17-15-47-21-25-7-9-28(10-8-25)55-22-29(35(53-55)37(46)58)50-38(59)30-23-64-40(51-30)27-13-14-48-33(20-27)49-24-42(43,44)45/h2,4,6,13-14,20,22-23,25,28,32,47H,3,5,7-12,15-19,21,24H2,1H3,(H2,46,58)(H,48,49)(H,50,59)(H,52,57,60). The summed E-state index contributed by atoms with van der Waals surface area (Å²) < 4.78 is 59.5.